The highest BCUT2D eigenvalue weighted by molar-refractivity contribution is 6.39. The summed E-state index contributed by atoms with van der Waals surface area (Å²) in [6.07, 6.45) is 13.7. The molecule has 1 aromatic heterocycles. The molecule has 69 heavy (non-hydrogen) atoms. The van der Waals surface area contributed by atoms with Gasteiger partial charge >= 0.3 is 5.97 Å². The van der Waals surface area contributed by atoms with Crippen LogP contribution < -0.4 is 0 Å². The number of esters is 1. The van der Waals surface area contributed by atoms with Gasteiger partial charge in [0.25, 0.3) is 11.7 Å². The smallest absolute Gasteiger partial charge is 0.329 e. The van der Waals surface area contributed by atoms with Crippen molar-refractivity contribution in [3.05, 3.63) is 53.9 Å². The Morgan fingerprint density at radius 1 is 0.884 bits per heavy atom. The molecule has 2 saturated heterocycles. The highest BCUT2D eigenvalue weighted by Gasteiger charge is 2.53. The van der Waals surface area contributed by atoms with E-state index in [9.17, 15) is 34.2 Å². The van der Waals surface area contributed by atoms with Crippen molar-refractivity contribution < 1.29 is 57.9 Å². The lowest BCUT2D eigenvalue weighted by atomic mass is 9.77. The molecule has 17 nitrogen and oxygen atoms in total. The molecule has 0 radical (unpaired) electrons. The maximum atomic E-state index is 14.5. The molecule has 4 heterocycles. The van der Waals surface area contributed by atoms with E-state index >= 15 is 0 Å². The molecule has 0 spiro atoms. The Balaban J connectivity index is 1.46. The van der Waals surface area contributed by atoms with E-state index in [2.05, 4.69) is 15.4 Å². The minimum Gasteiger partial charge on any atom is -0.460 e. The number of carbonyl (C=O) groups is 5. The fraction of sp³-hybridized carbons (Fsp3) is 0.731. The molecule has 1 saturated carbocycles. The number of methoxy groups -OCH3 is 3. The Hall–Kier alpha value is -4.26. The van der Waals surface area contributed by atoms with E-state index in [1.807, 2.05) is 58.1 Å². The highest BCUT2D eigenvalue weighted by Crippen LogP contribution is 2.39. The van der Waals surface area contributed by atoms with E-state index in [1.165, 1.54) is 18.3 Å². The van der Waals surface area contributed by atoms with Crippen LogP contribution in [0.15, 0.2) is 53.9 Å². The number of ether oxygens (including phenoxy) is 5. The molecule has 2 unspecified atom stereocenters. The van der Waals surface area contributed by atoms with Crippen LogP contribution in [0.25, 0.3) is 0 Å². The predicted octanol–water partition coefficient (Wildman–Crippen LogP) is 6.05. The number of tetrazole rings is 1. The van der Waals surface area contributed by atoms with Crippen LogP contribution in [-0.2, 0) is 47.7 Å². The summed E-state index contributed by atoms with van der Waals surface area (Å²) in [6.45, 7) is 12.8. The SMILES string of the molecule is COC1C(=O)[C@@H](C)C[C@H](C)/C=C/C=C/C=C(\C)[C@@H](OC)C[C@@H]2CC[C@@H](C)C(O)(O2)C(=O)C(=O)N2CCCC[C@H]2C(=O)O[C@H]([C@H](C)C[C@@H]2CC[C@H](n3ncnn3)[C@H](OC)C2)CC(=O)[C@H](C)/C=C(\C)[C@H]1O. The Morgan fingerprint density at radius 2 is 1.64 bits per heavy atom. The van der Waals surface area contributed by atoms with Crippen molar-refractivity contribution in [3.8, 4) is 0 Å². The zero-order valence-electron chi connectivity index (χ0n) is 42.5. The van der Waals surface area contributed by atoms with Crippen molar-refractivity contribution in [3.63, 3.8) is 0 Å². The number of fused-ring (bicyclic) bond motifs is 3. The topological polar surface area (TPSA) is 219 Å². The molecule has 15 atom stereocenters. The molecule has 0 aromatic carbocycles. The third-order valence-corrected chi connectivity index (χ3v) is 15.1. The van der Waals surface area contributed by atoms with Gasteiger partial charge in [0.05, 0.1) is 24.4 Å². The molecule has 17 heteroatoms. The number of cyclic esters (lactones) is 1. The Labute approximate surface area is 408 Å². The van der Waals surface area contributed by atoms with E-state index < -0.39 is 77.8 Å². The molecular formula is C52H79N5O12. The first-order valence-corrected chi connectivity index (χ1v) is 25.0. The minimum atomic E-state index is -2.43. The number of aromatic nitrogens is 4. The highest BCUT2D eigenvalue weighted by atomic mass is 16.6. The molecule has 1 aromatic rings. The maximum Gasteiger partial charge on any atom is 0.329 e. The summed E-state index contributed by atoms with van der Waals surface area (Å²) >= 11 is 0. The van der Waals surface area contributed by atoms with Crippen LogP contribution in [0.1, 0.15) is 132 Å². The first kappa shape index (κ1) is 55.7. The quantitative estimate of drug-likeness (QED) is 0.181. The van der Waals surface area contributed by atoms with Gasteiger partial charge in [-0.05, 0) is 112 Å². The predicted molar refractivity (Wildman–Crippen MR) is 256 cm³/mol. The van der Waals surface area contributed by atoms with Crippen LogP contribution in [0, 0.1) is 35.5 Å². The number of Topliss-reactive ketones (excluding diaryl/α,β-unsaturated/α-hetero) is 3. The molecule has 5 rings (SSSR count). The summed E-state index contributed by atoms with van der Waals surface area (Å²) in [5.74, 6) is -7.94. The number of ketones is 3. The number of piperidine rings is 1. The number of carbonyl (C=O) groups excluding carboxylic acids is 5. The van der Waals surface area contributed by atoms with Crippen molar-refractivity contribution >= 4 is 29.2 Å². The minimum absolute atomic E-state index is 0.0168. The van der Waals surface area contributed by atoms with Crippen LogP contribution in [0.4, 0.5) is 0 Å². The number of aliphatic hydroxyl groups excluding tert-OH is 1. The van der Waals surface area contributed by atoms with Gasteiger partial charge in [0.15, 0.2) is 12.1 Å². The number of rotatable bonds is 7. The number of allylic oxidation sites excluding steroid dienone is 6. The van der Waals surface area contributed by atoms with Gasteiger partial charge in [0.1, 0.15) is 30.1 Å². The van der Waals surface area contributed by atoms with Crippen LogP contribution in [-0.4, -0.2) is 141 Å². The third-order valence-electron chi connectivity index (χ3n) is 15.1. The van der Waals surface area contributed by atoms with Crippen molar-refractivity contribution in [2.75, 3.05) is 27.9 Å². The maximum absolute atomic E-state index is 14.5. The molecule has 2 bridgehead atoms. The molecule has 3 fully saturated rings. The lowest BCUT2D eigenvalue weighted by Crippen LogP contribution is -2.61. The van der Waals surface area contributed by atoms with Crippen molar-refractivity contribution in [2.45, 2.75) is 180 Å². The Kier molecular flexibility index (Phi) is 20.8. The van der Waals surface area contributed by atoms with E-state index in [0.717, 1.165) is 18.4 Å². The second kappa shape index (κ2) is 25.7. The fourth-order valence-corrected chi connectivity index (χ4v) is 10.7. The average molecular weight is 966 g/mol. The van der Waals surface area contributed by atoms with Gasteiger partial charge in [-0.15, -0.1) is 10.2 Å². The first-order chi connectivity index (χ1) is 32.8. The second-order valence-corrected chi connectivity index (χ2v) is 20.3. The van der Waals surface area contributed by atoms with Crippen molar-refractivity contribution in [1.82, 2.24) is 25.1 Å². The van der Waals surface area contributed by atoms with Crippen molar-refractivity contribution in [1.29, 1.82) is 0 Å². The van der Waals surface area contributed by atoms with Gasteiger partial charge in [-0.25, -0.2) is 4.79 Å². The van der Waals surface area contributed by atoms with E-state index in [4.69, 9.17) is 23.7 Å². The summed E-state index contributed by atoms with van der Waals surface area (Å²) in [5, 5.41) is 35.7. The van der Waals surface area contributed by atoms with Gasteiger partial charge in [-0.2, -0.15) is 4.80 Å². The zero-order chi connectivity index (χ0) is 50.6. The van der Waals surface area contributed by atoms with Gasteiger partial charge in [0.2, 0.25) is 5.79 Å². The van der Waals surface area contributed by atoms with Gasteiger partial charge in [-0.3, -0.25) is 19.2 Å². The summed E-state index contributed by atoms with van der Waals surface area (Å²) < 4.78 is 29.9. The summed E-state index contributed by atoms with van der Waals surface area (Å²) in [7, 11) is 4.61. The van der Waals surface area contributed by atoms with Crippen molar-refractivity contribution in [2.24, 2.45) is 35.5 Å². The number of aliphatic hydroxyl groups is 2. The van der Waals surface area contributed by atoms with E-state index in [-0.39, 0.29) is 60.9 Å². The molecule has 3 aliphatic heterocycles. The summed E-state index contributed by atoms with van der Waals surface area (Å²) in [4.78, 5) is 73.9. The molecule has 1 amide bonds. The molecule has 4 aliphatic rings. The van der Waals surface area contributed by atoms with Crippen LogP contribution in [0.5, 0.6) is 0 Å². The lowest BCUT2D eigenvalue weighted by Gasteiger charge is -2.42. The number of nitrogens with zero attached hydrogens (tertiary/aromatic N) is 5. The molecule has 1 aliphatic carbocycles. The second-order valence-electron chi connectivity index (χ2n) is 20.3. The van der Waals surface area contributed by atoms with Crippen LogP contribution in [0.3, 0.4) is 0 Å². The van der Waals surface area contributed by atoms with Gasteiger partial charge < -0.3 is 38.8 Å². The molecular weight excluding hydrogens is 887 g/mol. The third kappa shape index (κ3) is 14.2. The molecule has 384 valence electrons. The van der Waals surface area contributed by atoms with Crippen LogP contribution >= 0.6 is 0 Å². The first-order valence-electron chi connectivity index (χ1n) is 25.0. The Morgan fingerprint density at radius 3 is 2.32 bits per heavy atom. The summed E-state index contributed by atoms with van der Waals surface area (Å²) in [5.41, 5.74) is 1.27. The van der Waals surface area contributed by atoms with E-state index in [1.54, 1.807) is 45.9 Å². The summed E-state index contributed by atoms with van der Waals surface area (Å²) in [6, 6.07) is -1.24. The number of hydrogen-bond acceptors (Lipinski definition) is 15. The Bertz CT molecular complexity index is 2020. The normalized spacial score (nSPS) is 38.8. The van der Waals surface area contributed by atoms with Gasteiger partial charge in [-0.1, -0.05) is 71.1 Å². The van der Waals surface area contributed by atoms with Gasteiger partial charge in [0, 0.05) is 58.5 Å². The molecule has 2 N–H and O–H groups in total. The standard InChI is InChI=1S/C52H79N5O12/c1-31-16-12-11-13-17-32(2)43(65-8)28-39-21-19-37(7)52(64,69-39)49(61)50(62)56-23-15-14-18-41(56)51(63)68-44(34(4)26-38-20-22-40(45(27-38)66-9)57-54-30-53-55-57)29-42(58)33(3)25-36(6)47(60)48(67-10)46(59)35(5)24-31/h11-13,16-17,25,30-31,33-35,37-41,43-45,47-48,60,64H,14-15,18-24,26-29H2,1-10H3/b13-11+,16-12+,32-17+,36-25+/t31-,33-,34-,35+,37-,38+,39+,40+,41+,43+,44+,45-,47-,48?,52?/m1/s1. The number of hydrogen-bond donors (Lipinski definition) is 2. The monoisotopic (exact) mass is 966 g/mol. The zero-order valence-corrected chi connectivity index (χ0v) is 42.5. The number of amides is 1. The fourth-order valence-electron chi connectivity index (χ4n) is 10.7. The lowest BCUT2D eigenvalue weighted by molar-refractivity contribution is -0.265. The average Bonchev–Trinajstić information content (AvgIpc) is 3.88. The van der Waals surface area contributed by atoms with Crippen LogP contribution in [0.2, 0.25) is 0 Å². The largest absolute Gasteiger partial charge is 0.460 e. The van der Waals surface area contributed by atoms with E-state index in [0.29, 0.717) is 56.9 Å².